The van der Waals surface area contributed by atoms with Gasteiger partial charge in [-0.2, -0.15) is 0 Å². The minimum atomic E-state index is 0. The third kappa shape index (κ3) is 9.97. The highest BCUT2D eigenvalue weighted by Crippen LogP contribution is 2.48. The third-order valence-corrected chi connectivity index (χ3v) is 8.24. The van der Waals surface area contributed by atoms with Gasteiger partial charge in [-0.15, -0.1) is 12.4 Å². The van der Waals surface area contributed by atoms with Crippen LogP contribution in [0.5, 0.6) is 0 Å². The van der Waals surface area contributed by atoms with Crippen LogP contribution in [0.25, 0.3) is 0 Å². The summed E-state index contributed by atoms with van der Waals surface area (Å²) in [5, 5.41) is 4.06. The standard InChI is InChI=1S/C28H47N3OS.ClH/c1-3-4-5-6-9-12-16-23(2)17-13-10-7-8-11-14-20-29-27(32)26-25(24-18-19-24)31-22-15-21-30-28(31)33-26;/h14,20,23-24H,3-13,15-19,21-22H2,1-2H3,(H,29,32);1H/b20-14-;. The van der Waals surface area contributed by atoms with E-state index in [1.54, 1.807) is 11.8 Å². The zero-order valence-corrected chi connectivity index (χ0v) is 23.3. The van der Waals surface area contributed by atoms with Crippen LogP contribution in [0.3, 0.4) is 0 Å². The van der Waals surface area contributed by atoms with E-state index < -0.39 is 0 Å². The van der Waals surface area contributed by atoms with Crippen molar-refractivity contribution in [2.45, 2.75) is 117 Å². The van der Waals surface area contributed by atoms with Gasteiger partial charge in [0.15, 0.2) is 5.17 Å². The minimum Gasteiger partial charge on any atom is -0.328 e. The molecule has 0 saturated heterocycles. The second-order valence-corrected chi connectivity index (χ2v) is 11.3. The van der Waals surface area contributed by atoms with Crippen molar-refractivity contribution in [2.24, 2.45) is 16.8 Å². The van der Waals surface area contributed by atoms with Crippen LogP contribution in [-0.2, 0) is 4.79 Å². The molecule has 0 radical (unpaired) electrons. The second-order valence-electron chi connectivity index (χ2n) is 10.3. The van der Waals surface area contributed by atoms with Gasteiger partial charge in [-0.25, -0.2) is 0 Å². The highest BCUT2D eigenvalue weighted by molar-refractivity contribution is 8.18. The summed E-state index contributed by atoms with van der Waals surface area (Å²) in [6, 6.07) is 0. The molecule has 34 heavy (non-hydrogen) atoms. The van der Waals surface area contributed by atoms with Crippen LogP contribution in [-0.4, -0.2) is 29.1 Å². The van der Waals surface area contributed by atoms with Crippen LogP contribution in [0.1, 0.15) is 117 Å². The molecule has 1 amide bonds. The van der Waals surface area contributed by atoms with Crippen molar-refractivity contribution in [3.8, 4) is 0 Å². The lowest BCUT2D eigenvalue weighted by Crippen LogP contribution is -2.30. The van der Waals surface area contributed by atoms with E-state index in [2.05, 4.69) is 35.1 Å². The largest absolute Gasteiger partial charge is 0.328 e. The molecule has 4 nitrogen and oxygen atoms in total. The summed E-state index contributed by atoms with van der Waals surface area (Å²) in [7, 11) is 0. The quantitative estimate of drug-likeness (QED) is 0.201. The van der Waals surface area contributed by atoms with E-state index >= 15 is 0 Å². The molecule has 3 aliphatic rings. The monoisotopic (exact) mass is 509 g/mol. The lowest BCUT2D eigenvalue weighted by atomic mass is 9.96. The molecule has 0 bridgehead atoms. The summed E-state index contributed by atoms with van der Waals surface area (Å²) >= 11 is 1.58. The molecule has 194 valence electrons. The highest BCUT2D eigenvalue weighted by Gasteiger charge is 2.41. The Morgan fingerprint density at radius 2 is 1.76 bits per heavy atom. The van der Waals surface area contributed by atoms with Crippen molar-refractivity contribution in [2.75, 3.05) is 13.1 Å². The average molecular weight is 510 g/mol. The van der Waals surface area contributed by atoms with E-state index in [1.807, 2.05) is 6.20 Å². The number of halogens is 1. The van der Waals surface area contributed by atoms with Gasteiger partial charge < -0.3 is 10.2 Å². The number of amides is 1. The van der Waals surface area contributed by atoms with Gasteiger partial charge in [0.25, 0.3) is 5.91 Å². The molecule has 2 aliphatic heterocycles. The second kappa shape index (κ2) is 16.7. The van der Waals surface area contributed by atoms with Crippen LogP contribution < -0.4 is 5.32 Å². The third-order valence-electron chi connectivity index (χ3n) is 7.11. The lowest BCUT2D eigenvalue weighted by molar-refractivity contribution is -0.116. The molecule has 1 fully saturated rings. The molecule has 1 saturated carbocycles. The number of amidine groups is 1. The summed E-state index contributed by atoms with van der Waals surface area (Å²) in [5.74, 6) is 1.51. The number of fused-ring (bicyclic) bond motifs is 1. The number of hydrogen-bond donors (Lipinski definition) is 1. The van der Waals surface area contributed by atoms with E-state index in [0.717, 1.165) is 41.9 Å². The molecule has 0 spiro atoms. The smallest absolute Gasteiger partial charge is 0.263 e. The van der Waals surface area contributed by atoms with Crippen molar-refractivity contribution in [1.29, 1.82) is 0 Å². The fourth-order valence-corrected chi connectivity index (χ4v) is 6.07. The number of unbranched alkanes of at least 4 members (excludes halogenated alkanes) is 9. The Morgan fingerprint density at radius 3 is 2.47 bits per heavy atom. The van der Waals surface area contributed by atoms with E-state index in [-0.39, 0.29) is 18.3 Å². The maximum absolute atomic E-state index is 12.8. The maximum Gasteiger partial charge on any atom is 0.263 e. The molecule has 1 unspecified atom stereocenters. The molecule has 3 rings (SSSR count). The molecule has 2 heterocycles. The van der Waals surface area contributed by atoms with Crippen LogP contribution in [0, 0.1) is 11.8 Å². The normalized spacial score (nSPS) is 18.6. The fourth-order valence-electron chi connectivity index (χ4n) is 4.90. The number of carbonyl (C=O) groups is 1. The summed E-state index contributed by atoms with van der Waals surface area (Å²) in [6.07, 6.45) is 25.0. The van der Waals surface area contributed by atoms with Crippen LogP contribution in [0.2, 0.25) is 0 Å². The predicted octanol–water partition coefficient (Wildman–Crippen LogP) is 8.20. The Bertz CT molecular complexity index is 702. The molecule has 0 aromatic heterocycles. The summed E-state index contributed by atoms with van der Waals surface area (Å²) in [5.41, 5.74) is 1.25. The van der Waals surface area contributed by atoms with E-state index in [0.29, 0.717) is 5.92 Å². The SMILES string of the molecule is CCCCCCCCC(C)CCCCCC/C=C\NC(=O)C1=C(C2CC2)N2CCCN=C2S1.Cl. The van der Waals surface area contributed by atoms with Gasteiger partial charge in [-0.1, -0.05) is 90.6 Å². The number of aliphatic imine (C=N–C) groups is 1. The Labute approximate surface area is 219 Å². The number of hydrogen-bond acceptors (Lipinski definition) is 4. The molecule has 1 N–H and O–H groups in total. The van der Waals surface area contributed by atoms with Gasteiger partial charge in [0.1, 0.15) is 4.91 Å². The number of nitrogens with one attached hydrogen (secondary N) is 1. The maximum atomic E-state index is 12.8. The van der Waals surface area contributed by atoms with Gasteiger partial charge >= 0.3 is 0 Å². The van der Waals surface area contributed by atoms with Gasteiger partial charge in [-0.05, 0) is 49.8 Å². The zero-order chi connectivity index (χ0) is 23.3. The molecule has 0 aromatic rings. The topological polar surface area (TPSA) is 44.7 Å². The number of allylic oxidation sites excluding steroid dienone is 2. The highest BCUT2D eigenvalue weighted by atomic mass is 35.5. The van der Waals surface area contributed by atoms with Crippen molar-refractivity contribution in [3.05, 3.63) is 22.9 Å². The Balaban J connectivity index is 0.00000408. The average Bonchev–Trinajstić information content (AvgIpc) is 3.59. The molecule has 6 heteroatoms. The molecule has 1 atom stereocenters. The predicted molar refractivity (Wildman–Crippen MR) is 150 cm³/mol. The number of rotatable bonds is 17. The molecular formula is C28H48ClN3OS. The minimum absolute atomic E-state index is 0. The first-order valence-corrected chi connectivity index (χ1v) is 14.7. The van der Waals surface area contributed by atoms with Crippen molar-refractivity contribution >= 4 is 35.2 Å². The van der Waals surface area contributed by atoms with Gasteiger partial charge in [0, 0.05) is 30.9 Å². The molecule has 1 aliphatic carbocycles. The van der Waals surface area contributed by atoms with Crippen LogP contribution in [0.4, 0.5) is 0 Å². The van der Waals surface area contributed by atoms with Crippen molar-refractivity contribution < 1.29 is 4.79 Å². The Kier molecular flexibility index (Phi) is 14.4. The lowest BCUT2D eigenvalue weighted by Gasteiger charge is -2.25. The molecule has 0 aromatic carbocycles. The summed E-state index contributed by atoms with van der Waals surface area (Å²) in [6.45, 7) is 6.63. The summed E-state index contributed by atoms with van der Waals surface area (Å²) < 4.78 is 0. The number of thioether (sulfide) groups is 1. The van der Waals surface area contributed by atoms with E-state index in [1.165, 1.54) is 95.6 Å². The fraction of sp³-hybridized carbons (Fsp3) is 0.786. The van der Waals surface area contributed by atoms with Gasteiger partial charge in [0.2, 0.25) is 0 Å². The number of carbonyl (C=O) groups excluding carboxylic acids is 1. The molecular weight excluding hydrogens is 462 g/mol. The Hall–Kier alpha value is -0.940. The zero-order valence-electron chi connectivity index (χ0n) is 21.7. The Morgan fingerprint density at radius 1 is 1.09 bits per heavy atom. The van der Waals surface area contributed by atoms with Crippen molar-refractivity contribution in [3.63, 3.8) is 0 Å². The first kappa shape index (κ1) is 29.3. The van der Waals surface area contributed by atoms with Crippen LogP contribution in [0.15, 0.2) is 27.9 Å². The van der Waals surface area contributed by atoms with E-state index in [9.17, 15) is 4.79 Å². The summed E-state index contributed by atoms with van der Waals surface area (Å²) in [4.78, 5) is 20.6. The van der Waals surface area contributed by atoms with Crippen molar-refractivity contribution in [1.82, 2.24) is 10.2 Å². The van der Waals surface area contributed by atoms with Crippen LogP contribution >= 0.6 is 24.2 Å². The first-order valence-electron chi connectivity index (χ1n) is 13.9. The first-order chi connectivity index (χ1) is 16.2. The van der Waals surface area contributed by atoms with E-state index in [4.69, 9.17) is 0 Å². The van der Waals surface area contributed by atoms with Gasteiger partial charge in [0.05, 0.1) is 0 Å². The number of nitrogens with zero attached hydrogens (tertiary/aromatic N) is 2. The van der Waals surface area contributed by atoms with Gasteiger partial charge in [-0.3, -0.25) is 9.79 Å².